The van der Waals surface area contributed by atoms with E-state index in [-0.39, 0.29) is 16.6 Å². The van der Waals surface area contributed by atoms with E-state index in [9.17, 15) is 30.7 Å². The zero-order valence-corrected chi connectivity index (χ0v) is 13.4. The molecule has 0 aliphatic heterocycles. The molecule has 3 aromatic heterocycles. The highest BCUT2D eigenvalue weighted by Gasteiger charge is 2.37. The van der Waals surface area contributed by atoms with Gasteiger partial charge in [-0.05, 0) is 12.1 Å². The Morgan fingerprint density at radius 2 is 1.82 bits per heavy atom. The molecule has 0 saturated carbocycles. The number of pyridine rings is 2. The van der Waals surface area contributed by atoms with E-state index in [1.165, 1.54) is 12.1 Å². The molecule has 3 heterocycles. The fourth-order valence-electron chi connectivity index (χ4n) is 2.38. The van der Waals surface area contributed by atoms with Crippen LogP contribution in [0.5, 0.6) is 5.88 Å². The summed E-state index contributed by atoms with van der Waals surface area (Å²) in [6, 6.07) is 4.80. The molecule has 0 saturated heterocycles. The lowest BCUT2D eigenvalue weighted by Crippen LogP contribution is -2.20. The van der Waals surface area contributed by atoms with E-state index in [2.05, 4.69) is 14.7 Å². The molecule has 28 heavy (non-hydrogen) atoms. The first-order valence-electron chi connectivity index (χ1n) is 7.34. The summed E-state index contributed by atoms with van der Waals surface area (Å²) in [7, 11) is 0. The van der Waals surface area contributed by atoms with Crippen LogP contribution in [0.2, 0.25) is 0 Å². The maximum Gasteiger partial charge on any atom is 0.450 e. The van der Waals surface area contributed by atoms with Crippen LogP contribution in [-0.4, -0.2) is 27.2 Å². The van der Waals surface area contributed by atoms with Crippen molar-refractivity contribution in [2.45, 2.75) is 12.4 Å². The molecular formula is C16H7F7N4O. The smallest absolute Gasteiger partial charge is 0.450 e. The molecule has 12 heteroatoms. The van der Waals surface area contributed by atoms with Crippen LogP contribution in [0.1, 0.15) is 11.5 Å². The van der Waals surface area contributed by atoms with E-state index in [1.807, 2.05) is 0 Å². The molecule has 3 aromatic rings. The van der Waals surface area contributed by atoms with Gasteiger partial charge in [0.05, 0.1) is 5.52 Å². The fourth-order valence-corrected chi connectivity index (χ4v) is 2.38. The topological polar surface area (TPSA) is 63.2 Å². The van der Waals surface area contributed by atoms with Crippen LogP contribution in [0, 0.1) is 17.1 Å². The Bertz CT molecular complexity index is 1080. The lowest BCUT2D eigenvalue weighted by Gasteiger charge is -2.10. The van der Waals surface area contributed by atoms with Crippen LogP contribution in [0.3, 0.4) is 0 Å². The minimum absolute atomic E-state index is 0.0147. The van der Waals surface area contributed by atoms with Gasteiger partial charge in [0.1, 0.15) is 6.07 Å². The third-order valence-corrected chi connectivity index (χ3v) is 3.51. The zero-order chi connectivity index (χ0) is 20.7. The van der Waals surface area contributed by atoms with Gasteiger partial charge in [0.15, 0.2) is 18.1 Å². The van der Waals surface area contributed by atoms with Crippen LogP contribution in [-0.2, 0) is 6.18 Å². The number of nitrogens with zero attached hydrogens (tertiary/aromatic N) is 4. The van der Waals surface area contributed by atoms with Crippen LogP contribution in [0.4, 0.5) is 30.7 Å². The maximum absolute atomic E-state index is 14.0. The number of rotatable bonds is 3. The number of nitriles is 1. The van der Waals surface area contributed by atoms with E-state index in [4.69, 9.17) is 5.26 Å². The van der Waals surface area contributed by atoms with Crippen molar-refractivity contribution >= 4 is 5.52 Å². The Labute approximate surface area is 151 Å². The Balaban J connectivity index is 2.02. The lowest BCUT2D eigenvalue weighted by molar-refractivity contribution is -0.154. The average molecular weight is 404 g/mol. The monoisotopic (exact) mass is 404 g/mol. The Morgan fingerprint density at radius 3 is 2.39 bits per heavy atom. The minimum Gasteiger partial charge on any atom is -0.466 e. The van der Waals surface area contributed by atoms with Gasteiger partial charge < -0.3 is 4.74 Å². The molecule has 0 bridgehead atoms. The SMILES string of the molecule is N#Cc1nc(C(F)(F)F)n2cc(-c3cnc(OCC(F)(F)F)c(F)c3)ccc12. The van der Waals surface area contributed by atoms with Gasteiger partial charge in [-0.15, -0.1) is 0 Å². The molecule has 0 N–H and O–H groups in total. The van der Waals surface area contributed by atoms with Crippen molar-refractivity contribution in [3.8, 4) is 23.1 Å². The summed E-state index contributed by atoms with van der Waals surface area (Å²) in [6.45, 7) is -1.75. The second-order valence-corrected chi connectivity index (χ2v) is 5.48. The molecule has 0 spiro atoms. The first kappa shape index (κ1) is 19.4. The van der Waals surface area contributed by atoms with E-state index in [0.29, 0.717) is 4.40 Å². The van der Waals surface area contributed by atoms with Gasteiger partial charge in [0, 0.05) is 23.5 Å². The number of fused-ring (bicyclic) bond motifs is 1. The predicted molar refractivity (Wildman–Crippen MR) is 79.6 cm³/mol. The van der Waals surface area contributed by atoms with Crippen LogP contribution < -0.4 is 4.74 Å². The molecule has 3 rings (SSSR count). The lowest BCUT2D eigenvalue weighted by atomic mass is 10.1. The summed E-state index contributed by atoms with van der Waals surface area (Å²) in [5, 5.41) is 8.93. The van der Waals surface area contributed by atoms with Crippen LogP contribution in [0.25, 0.3) is 16.6 Å². The van der Waals surface area contributed by atoms with E-state index in [1.54, 1.807) is 6.07 Å². The van der Waals surface area contributed by atoms with Crippen molar-refractivity contribution in [3.05, 3.63) is 47.9 Å². The number of hydrogen-bond acceptors (Lipinski definition) is 4. The summed E-state index contributed by atoms with van der Waals surface area (Å²) in [4.78, 5) is 6.69. The third kappa shape index (κ3) is 3.83. The first-order chi connectivity index (χ1) is 13.0. The molecule has 0 amide bonds. The van der Waals surface area contributed by atoms with Crippen molar-refractivity contribution in [1.29, 1.82) is 5.26 Å². The van der Waals surface area contributed by atoms with Gasteiger partial charge in [0.25, 0.3) is 5.88 Å². The molecule has 0 radical (unpaired) electrons. The van der Waals surface area contributed by atoms with Gasteiger partial charge >= 0.3 is 12.4 Å². The Morgan fingerprint density at radius 1 is 1.11 bits per heavy atom. The molecule has 0 aliphatic carbocycles. The molecule has 5 nitrogen and oxygen atoms in total. The molecule has 0 unspecified atom stereocenters. The van der Waals surface area contributed by atoms with Crippen LogP contribution >= 0.6 is 0 Å². The summed E-state index contributed by atoms with van der Waals surface area (Å²) in [6.07, 6.45) is -7.62. The highest BCUT2D eigenvalue weighted by atomic mass is 19.4. The second kappa shape index (κ2) is 6.66. The van der Waals surface area contributed by atoms with E-state index < -0.39 is 42.2 Å². The summed E-state index contributed by atoms with van der Waals surface area (Å²) >= 11 is 0. The number of imidazole rings is 1. The molecule has 0 aromatic carbocycles. The largest absolute Gasteiger partial charge is 0.466 e. The predicted octanol–water partition coefficient (Wildman–Crippen LogP) is 4.37. The Hall–Kier alpha value is -3.36. The number of aromatic nitrogens is 3. The number of halogens is 7. The van der Waals surface area contributed by atoms with Gasteiger partial charge in [0.2, 0.25) is 5.82 Å². The third-order valence-electron chi connectivity index (χ3n) is 3.51. The van der Waals surface area contributed by atoms with E-state index in [0.717, 1.165) is 18.5 Å². The quantitative estimate of drug-likeness (QED) is 0.609. The summed E-state index contributed by atoms with van der Waals surface area (Å²) in [5.74, 6) is -3.46. The first-order valence-corrected chi connectivity index (χ1v) is 7.34. The number of hydrogen-bond donors (Lipinski definition) is 0. The standard InChI is InChI=1S/C16H7F7N4O/c17-10-3-9(5-25-13(10)28-7-15(18,19)20)8-1-2-12-11(4-24)26-14(16(21,22)23)27(12)6-8/h1-3,5-6H,7H2. The van der Waals surface area contributed by atoms with Gasteiger partial charge in [-0.1, -0.05) is 6.07 Å². The van der Waals surface area contributed by atoms with Crippen molar-refractivity contribution in [1.82, 2.24) is 14.4 Å². The highest BCUT2D eigenvalue weighted by Crippen LogP contribution is 2.32. The molecule has 0 aliphatic rings. The summed E-state index contributed by atoms with van der Waals surface area (Å²) in [5.41, 5.74) is -0.510. The minimum atomic E-state index is -4.85. The maximum atomic E-state index is 14.0. The molecular weight excluding hydrogens is 397 g/mol. The van der Waals surface area contributed by atoms with Gasteiger partial charge in [-0.25, -0.2) is 14.4 Å². The fraction of sp³-hybridized carbons (Fsp3) is 0.188. The molecule has 0 atom stereocenters. The van der Waals surface area contributed by atoms with Crippen molar-refractivity contribution < 1.29 is 35.5 Å². The second-order valence-electron chi connectivity index (χ2n) is 5.48. The van der Waals surface area contributed by atoms with Gasteiger partial charge in [-0.2, -0.15) is 31.6 Å². The molecule has 146 valence electrons. The number of ether oxygens (including phenoxy) is 1. The average Bonchev–Trinajstić information content (AvgIpc) is 2.98. The van der Waals surface area contributed by atoms with Crippen LogP contribution in [0.15, 0.2) is 30.6 Å². The highest BCUT2D eigenvalue weighted by molar-refractivity contribution is 5.68. The van der Waals surface area contributed by atoms with Crippen molar-refractivity contribution in [3.63, 3.8) is 0 Å². The van der Waals surface area contributed by atoms with E-state index >= 15 is 0 Å². The normalized spacial score (nSPS) is 12.2. The molecule has 0 fully saturated rings. The van der Waals surface area contributed by atoms with Gasteiger partial charge in [-0.3, -0.25) is 4.40 Å². The Kier molecular flexibility index (Phi) is 4.62. The zero-order valence-electron chi connectivity index (χ0n) is 13.4. The number of alkyl halides is 6. The summed E-state index contributed by atoms with van der Waals surface area (Å²) < 4.78 is 94.6. The van der Waals surface area contributed by atoms with Crippen molar-refractivity contribution in [2.75, 3.05) is 6.61 Å². The van der Waals surface area contributed by atoms with Crippen molar-refractivity contribution in [2.24, 2.45) is 0 Å².